The zero-order chi connectivity index (χ0) is 17.8. The first-order chi connectivity index (χ1) is 12.8. The Morgan fingerprint density at radius 3 is 2.35 bits per heavy atom. The molecule has 0 bridgehead atoms. The fourth-order valence-corrected chi connectivity index (χ4v) is 3.18. The summed E-state index contributed by atoms with van der Waals surface area (Å²) in [6, 6.07) is 15.0. The molecular formula is C19H21FN6. The Labute approximate surface area is 151 Å². The Morgan fingerprint density at radius 1 is 0.923 bits per heavy atom. The van der Waals surface area contributed by atoms with Crippen LogP contribution < -0.4 is 10.2 Å². The number of tetrazole rings is 1. The van der Waals surface area contributed by atoms with Crippen LogP contribution in [0.3, 0.4) is 0 Å². The second-order valence-corrected chi connectivity index (χ2v) is 6.50. The second kappa shape index (κ2) is 7.51. The highest BCUT2D eigenvalue weighted by molar-refractivity contribution is 5.48. The van der Waals surface area contributed by atoms with Crippen molar-refractivity contribution in [1.82, 2.24) is 20.2 Å². The lowest BCUT2D eigenvalue weighted by Crippen LogP contribution is -2.17. The zero-order valence-electron chi connectivity index (χ0n) is 14.5. The predicted octanol–water partition coefficient (Wildman–Crippen LogP) is 3.07. The second-order valence-electron chi connectivity index (χ2n) is 6.50. The van der Waals surface area contributed by atoms with Crippen LogP contribution in [-0.4, -0.2) is 33.3 Å². The summed E-state index contributed by atoms with van der Waals surface area (Å²) < 4.78 is 14.7. The van der Waals surface area contributed by atoms with E-state index >= 15 is 0 Å². The molecule has 2 heterocycles. The van der Waals surface area contributed by atoms with Crippen LogP contribution >= 0.6 is 0 Å². The van der Waals surface area contributed by atoms with E-state index in [0.29, 0.717) is 19.0 Å². The van der Waals surface area contributed by atoms with E-state index in [1.54, 1.807) is 16.8 Å². The maximum Gasteiger partial charge on any atom is 0.243 e. The molecule has 3 aromatic rings. The number of hydrogen-bond donors (Lipinski definition) is 1. The van der Waals surface area contributed by atoms with Crippen LogP contribution in [0.15, 0.2) is 48.5 Å². The lowest BCUT2D eigenvalue weighted by Gasteiger charge is -2.17. The van der Waals surface area contributed by atoms with Gasteiger partial charge in [-0.15, -0.1) is 0 Å². The van der Waals surface area contributed by atoms with E-state index in [9.17, 15) is 4.39 Å². The van der Waals surface area contributed by atoms with Gasteiger partial charge in [0.15, 0.2) is 0 Å². The molecule has 0 aliphatic carbocycles. The summed E-state index contributed by atoms with van der Waals surface area (Å²) in [4.78, 5) is 2.42. The smallest absolute Gasteiger partial charge is 0.243 e. The summed E-state index contributed by atoms with van der Waals surface area (Å²) in [5.74, 6) is 0.346. The van der Waals surface area contributed by atoms with Crippen molar-refractivity contribution < 1.29 is 4.39 Å². The van der Waals surface area contributed by atoms with Gasteiger partial charge in [-0.2, -0.15) is 0 Å². The van der Waals surface area contributed by atoms with Crippen LogP contribution in [0.4, 0.5) is 16.0 Å². The van der Waals surface area contributed by atoms with Gasteiger partial charge in [-0.1, -0.05) is 29.4 Å². The van der Waals surface area contributed by atoms with Crippen molar-refractivity contribution in [3.8, 4) is 0 Å². The quantitative estimate of drug-likeness (QED) is 0.739. The Balaban J connectivity index is 1.37. The molecule has 26 heavy (non-hydrogen) atoms. The number of anilines is 2. The summed E-state index contributed by atoms with van der Waals surface area (Å²) in [5, 5.41) is 15.0. The number of nitrogens with zero attached hydrogens (tertiary/aromatic N) is 5. The topological polar surface area (TPSA) is 58.9 Å². The highest BCUT2D eigenvalue weighted by Gasteiger charge is 2.12. The third-order valence-corrected chi connectivity index (χ3v) is 4.64. The molecule has 1 N–H and O–H groups in total. The Morgan fingerprint density at radius 2 is 1.62 bits per heavy atom. The Kier molecular flexibility index (Phi) is 4.77. The van der Waals surface area contributed by atoms with Crippen LogP contribution in [0.5, 0.6) is 0 Å². The Hall–Kier alpha value is -2.96. The third-order valence-electron chi connectivity index (χ3n) is 4.64. The van der Waals surface area contributed by atoms with E-state index in [4.69, 9.17) is 0 Å². The molecule has 4 rings (SSSR count). The molecule has 0 radical (unpaired) electrons. The molecule has 2 aromatic carbocycles. The SMILES string of the molecule is Fc1ccc(Cn2nnnc2NCc2ccc(N3CCCC3)cc2)cc1. The molecule has 7 heteroatoms. The first-order valence-electron chi connectivity index (χ1n) is 8.86. The molecule has 1 saturated heterocycles. The first kappa shape index (κ1) is 16.5. The monoisotopic (exact) mass is 352 g/mol. The van der Waals surface area contributed by atoms with Gasteiger partial charge in [-0.3, -0.25) is 0 Å². The molecular weight excluding hydrogens is 331 g/mol. The van der Waals surface area contributed by atoms with Crippen molar-refractivity contribution in [2.45, 2.75) is 25.9 Å². The van der Waals surface area contributed by atoms with E-state index < -0.39 is 0 Å². The molecule has 1 aliphatic heterocycles. The Bertz CT molecular complexity index is 837. The molecule has 0 atom stereocenters. The van der Waals surface area contributed by atoms with Crippen molar-refractivity contribution in [3.05, 3.63) is 65.5 Å². The number of aromatic nitrogens is 4. The van der Waals surface area contributed by atoms with Gasteiger partial charge < -0.3 is 10.2 Å². The van der Waals surface area contributed by atoms with Gasteiger partial charge in [0.1, 0.15) is 5.82 Å². The highest BCUT2D eigenvalue weighted by atomic mass is 19.1. The van der Waals surface area contributed by atoms with E-state index in [1.807, 2.05) is 0 Å². The average molecular weight is 352 g/mol. The van der Waals surface area contributed by atoms with Gasteiger partial charge in [0.05, 0.1) is 6.54 Å². The largest absolute Gasteiger partial charge is 0.372 e. The van der Waals surface area contributed by atoms with Gasteiger partial charge in [0.2, 0.25) is 5.95 Å². The number of halogens is 1. The van der Waals surface area contributed by atoms with Gasteiger partial charge in [0, 0.05) is 25.3 Å². The van der Waals surface area contributed by atoms with Crippen LogP contribution in [0.1, 0.15) is 24.0 Å². The van der Waals surface area contributed by atoms with Gasteiger partial charge in [-0.05, 0) is 58.7 Å². The van der Waals surface area contributed by atoms with Crippen molar-refractivity contribution in [2.75, 3.05) is 23.3 Å². The maximum absolute atomic E-state index is 13.0. The molecule has 0 saturated carbocycles. The number of rotatable bonds is 6. The molecule has 0 amide bonds. The fourth-order valence-electron chi connectivity index (χ4n) is 3.18. The zero-order valence-corrected chi connectivity index (χ0v) is 14.5. The van der Waals surface area contributed by atoms with E-state index in [0.717, 1.165) is 18.7 Å². The fraction of sp³-hybridized carbons (Fsp3) is 0.316. The molecule has 1 aliphatic rings. The predicted molar refractivity (Wildman–Crippen MR) is 98.5 cm³/mol. The van der Waals surface area contributed by atoms with Crippen LogP contribution in [0.2, 0.25) is 0 Å². The molecule has 134 valence electrons. The summed E-state index contributed by atoms with van der Waals surface area (Å²) in [6.07, 6.45) is 2.56. The molecule has 6 nitrogen and oxygen atoms in total. The van der Waals surface area contributed by atoms with E-state index in [-0.39, 0.29) is 5.82 Å². The summed E-state index contributed by atoms with van der Waals surface area (Å²) in [6.45, 7) is 3.43. The molecule has 0 unspecified atom stereocenters. The van der Waals surface area contributed by atoms with Gasteiger partial charge in [0.25, 0.3) is 0 Å². The summed E-state index contributed by atoms with van der Waals surface area (Å²) >= 11 is 0. The van der Waals surface area contributed by atoms with Gasteiger partial charge in [-0.25, -0.2) is 9.07 Å². The summed E-state index contributed by atoms with van der Waals surface area (Å²) in [7, 11) is 0. The van der Waals surface area contributed by atoms with Crippen molar-refractivity contribution in [3.63, 3.8) is 0 Å². The van der Waals surface area contributed by atoms with E-state index in [2.05, 4.69) is 50.0 Å². The lowest BCUT2D eigenvalue weighted by molar-refractivity contribution is 0.622. The van der Waals surface area contributed by atoms with Crippen LogP contribution in [0.25, 0.3) is 0 Å². The molecule has 1 fully saturated rings. The normalized spacial score (nSPS) is 14.0. The highest BCUT2D eigenvalue weighted by Crippen LogP contribution is 2.20. The minimum atomic E-state index is -0.249. The number of nitrogens with one attached hydrogen (secondary N) is 1. The van der Waals surface area contributed by atoms with Crippen LogP contribution in [0, 0.1) is 5.82 Å². The molecule has 0 spiro atoms. The summed E-state index contributed by atoms with van der Waals surface area (Å²) in [5.41, 5.74) is 3.40. The molecule has 1 aromatic heterocycles. The number of benzene rings is 2. The lowest BCUT2D eigenvalue weighted by atomic mass is 10.2. The third kappa shape index (κ3) is 3.82. The van der Waals surface area contributed by atoms with E-state index in [1.165, 1.54) is 36.2 Å². The minimum absolute atomic E-state index is 0.249. The van der Waals surface area contributed by atoms with Crippen molar-refractivity contribution in [2.24, 2.45) is 0 Å². The maximum atomic E-state index is 13.0. The first-order valence-corrected chi connectivity index (χ1v) is 8.86. The average Bonchev–Trinajstić information content (AvgIpc) is 3.34. The van der Waals surface area contributed by atoms with Crippen molar-refractivity contribution in [1.29, 1.82) is 0 Å². The van der Waals surface area contributed by atoms with Gasteiger partial charge >= 0.3 is 0 Å². The minimum Gasteiger partial charge on any atom is -0.372 e. The standard InChI is InChI=1S/C19H21FN6/c20-17-7-3-16(4-8-17)14-26-19(22-23-24-26)21-13-15-5-9-18(10-6-15)25-11-1-2-12-25/h3-10H,1-2,11-14H2,(H,21,22,24). The van der Waals surface area contributed by atoms with Crippen LogP contribution in [-0.2, 0) is 13.1 Å². The number of hydrogen-bond acceptors (Lipinski definition) is 5. The van der Waals surface area contributed by atoms with Crippen molar-refractivity contribution >= 4 is 11.6 Å².